The molecule has 3 N–H and O–H groups in total. The molecule has 0 saturated heterocycles. The Morgan fingerprint density at radius 2 is 2.05 bits per heavy atom. The van der Waals surface area contributed by atoms with Crippen LogP contribution in [0.15, 0.2) is 22.7 Å². The number of nitrogen functional groups attached to an aromatic ring is 1. The van der Waals surface area contributed by atoms with E-state index < -0.39 is 0 Å². The normalized spacial score (nSPS) is 16.3. The van der Waals surface area contributed by atoms with Gasteiger partial charge >= 0.3 is 0 Å². The van der Waals surface area contributed by atoms with Gasteiger partial charge in [0.05, 0.1) is 0 Å². The molecule has 1 aliphatic rings. The second kappa shape index (κ2) is 6.42. The monoisotopic (exact) mass is 323 g/mol. The Morgan fingerprint density at radius 3 is 2.63 bits per heavy atom. The van der Waals surface area contributed by atoms with Crippen LogP contribution in [-0.2, 0) is 0 Å². The average Bonchev–Trinajstić information content (AvgIpc) is 2.40. The topological polar surface area (TPSA) is 53.1 Å². The summed E-state index contributed by atoms with van der Waals surface area (Å²) in [6.07, 6.45) is 6.47. The van der Waals surface area contributed by atoms with E-state index in [1.54, 1.807) is 0 Å². The van der Waals surface area contributed by atoms with Crippen LogP contribution in [0.1, 0.15) is 44.6 Å². The number of amidine groups is 1. The van der Waals surface area contributed by atoms with Crippen molar-refractivity contribution in [2.45, 2.75) is 45.1 Å². The maximum atomic E-state index is 7.76. The molecule has 0 heterocycles. The van der Waals surface area contributed by atoms with Crippen molar-refractivity contribution in [3.05, 3.63) is 28.2 Å². The number of benzene rings is 1. The molecule has 0 aromatic heterocycles. The lowest BCUT2D eigenvalue weighted by atomic mass is 9.93. The zero-order valence-electron chi connectivity index (χ0n) is 11.5. The first kappa shape index (κ1) is 14.4. The highest BCUT2D eigenvalue weighted by atomic mass is 79.9. The lowest BCUT2D eigenvalue weighted by molar-refractivity contribution is 0.418. The van der Waals surface area contributed by atoms with E-state index in [2.05, 4.69) is 33.8 Å². The summed E-state index contributed by atoms with van der Waals surface area (Å²) in [4.78, 5) is 2.42. The van der Waals surface area contributed by atoms with Crippen LogP contribution in [0.3, 0.4) is 0 Å². The highest BCUT2D eigenvalue weighted by Crippen LogP contribution is 2.31. The van der Waals surface area contributed by atoms with Crippen molar-refractivity contribution in [1.82, 2.24) is 0 Å². The summed E-state index contributed by atoms with van der Waals surface area (Å²) in [6.45, 7) is 3.14. The molecule has 0 aliphatic heterocycles. The van der Waals surface area contributed by atoms with E-state index in [9.17, 15) is 0 Å². The Bertz CT molecular complexity index is 453. The largest absolute Gasteiger partial charge is 0.384 e. The van der Waals surface area contributed by atoms with Gasteiger partial charge in [-0.2, -0.15) is 0 Å². The third kappa shape index (κ3) is 3.30. The first-order chi connectivity index (χ1) is 9.13. The van der Waals surface area contributed by atoms with E-state index in [0.717, 1.165) is 22.3 Å². The van der Waals surface area contributed by atoms with Crippen molar-refractivity contribution in [2.75, 3.05) is 11.4 Å². The summed E-state index contributed by atoms with van der Waals surface area (Å²) in [5.74, 6) is 0.150. The van der Waals surface area contributed by atoms with Gasteiger partial charge in [-0.3, -0.25) is 5.41 Å². The molecule has 0 spiro atoms. The Labute approximate surface area is 123 Å². The summed E-state index contributed by atoms with van der Waals surface area (Å²) in [5.41, 5.74) is 7.66. The first-order valence-corrected chi connectivity index (χ1v) is 7.83. The molecule has 3 nitrogen and oxygen atoms in total. The second-order valence-electron chi connectivity index (χ2n) is 5.15. The number of nitrogens with one attached hydrogen (secondary N) is 1. The maximum Gasteiger partial charge on any atom is 0.124 e. The van der Waals surface area contributed by atoms with Crippen LogP contribution in [0.5, 0.6) is 0 Å². The molecule has 19 heavy (non-hydrogen) atoms. The molecule has 1 aromatic rings. The Hall–Kier alpha value is -1.03. The summed E-state index contributed by atoms with van der Waals surface area (Å²) in [5, 5.41) is 7.76. The number of anilines is 1. The van der Waals surface area contributed by atoms with E-state index in [4.69, 9.17) is 11.1 Å². The molecule has 0 radical (unpaired) electrons. The molecule has 104 valence electrons. The van der Waals surface area contributed by atoms with Crippen LogP contribution < -0.4 is 10.6 Å². The molecule has 2 rings (SSSR count). The quantitative estimate of drug-likeness (QED) is 0.652. The number of rotatable bonds is 4. The third-order valence-corrected chi connectivity index (χ3v) is 4.41. The van der Waals surface area contributed by atoms with Gasteiger partial charge in [-0.05, 0) is 38.0 Å². The molecule has 1 fully saturated rings. The summed E-state index contributed by atoms with van der Waals surface area (Å²) in [6, 6.07) is 6.57. The first-order valence-electron chi connectivity index (χ1n) is 7.04. The lowest BCUT2D eigenvalue weighted by Crippen LogP contribution is -2.38. The Morgan fingerprint density at radius 1 is 1.37 bits per heavy atom. The fourth-order valence-corrected chi connectivity index (χ4v) is 3.34. The molecular formula is C15H22BrN3. The number of hydrogen-bond acceptors (Lipinski definition) is 2. The lowest BCUT2D eigenvalue weighted by Gasteiger charge is -2.36. The van der Waals surface area contributed by atoms with Gasteiger partial charge in [0.25, 0.3) is 0 Å². The van der Waals surface area contributed by atoms with Gasteiger partial charge in [-0.1, -0.05) is 35.2 Å². The zero-order chi connectivity index (χ0) is 13.8. The van der Waals surface area contributed by atoms with Crippen LogP contribution in [0, 0.1) is 5.41 Å². The predicted molar refractivity (Wildman–Crippen MR) is 85.1 cm³/mol. The number of halogens is 1. The highest BCUT2D eigenvalue weighted by molar-refractivity contribution is 9.10. The van der Waals surface area contributed by atoms with Crippen molar-refractivity contribution < 1.29 is 0 Å². The van der Waals surface area contributed by atoms with E-state index in [0.29, 0.717) is 6.04 Å². The number of hydrogen-bond donors (Lipinski definition) is 2. The van der Waals surface area contributed by atoms with E-state index in [1.165, 1.54) is 32.1 Å². The third-order valence-electron chi connectivity index (χ3n) is 3.92. The van der Waals surface area contributed by atoms with Gasteiger partial charge < -0.3 is 10.6 Å². The van der Waals surface area contributed by atoms with E-state index in [1.807, 2.05) is 12.1 Å². The van der Waals surface area contributed by atoms with Crippen molar-refractivity contribution >= 4 is 27.5 Å². The van der Waals surface area contributed by atoms with Gasteiger partial charge in [0.2, 0.25) is 0 Å². The Balaban J connectivity index is 2.35. The Kier molecular flexibility index (Phi) is 4.86. The van der Waals surface area contributed by atoms with Crippen molar-refractivity contribution in [3.63, 3.8) is 0 Å². The van der Waals surface area contributed by atoms with Crippen molar-refractivity contribution in [2.24, 2.45) is 5.73 Å². The standard InChI is InChI=1S/C15H22BrN3/c1-2-19(12-6-4-3-5-7-12)14-10-11(16)8-9-13(14)15(17)18/h8-10,12H,2-7H2,1H3,(H3,17,18). The zero-order valence-corrected chi connectivity index (χ0v) is 13.0. The molecule has 4 heteroatoms. The fraction of sp³-hybridized carbons (Fsp3) is 0.533. The minimum atomic E-state index is 0.150. The fourth-order valence-electron chi connectivity index (χ4n) is 2.99. The van der Waals surface area contributed by atoms with Crippen LogP contribution in [-0.4, -0.2) is 18.4 Å². The van der Waals surface area contributed by atoms with Crippen molar-refractivity contribution in [1.29, 1.82) is 5.41 Å². The van der Waals surface area contributed by atoms with Gasteiger partial charge in [-0.15, -0.1) is 0 Å². The van der Waals surface area contributed by atoms with Crippen molar-refractivity contribution in [3.8, 4) is 0 Å². The number of nitrogens with zero attached hydrogens (tertiary/aromatic N) is 1. The summed E-state index contributed by atoms with van der Waals surface area (Å²) >= 11 is 3.53. The second-order valence-corrected chi connectivity index (χ2v) is 6.07. The average molecular weight is 324 g/mol. The van der Waals surface area contributed by atoms with Gasteiger partial charge in [0, 0.05) is 28.3 Å². The molecular weight excluding hydrogens is 302 g/mol. The highest BCUT2D eigenvalue weighted by Gasteiger charge is 2.22. The minimum Gasteiger partial charge on any atom is -0.384 e. The van der Waals surface area contributed by atoms with E-state index >= 15 is 0 Å². The summed E-state index contributed by atoms with van der Waals surface area (Å²) in [7, 11) is 0. The molecule has 0 atom stereocenters. The van der Waals surface area contributed by atoms with Crippen LogP contribution >= 0.6 is 15.9 Å². The van der Waals surface area contributed by atoms with E-state index in [-0.39, 0.29) is 5.84 Å². The van der Waals surface area contributed by atoms with Crippen LogP contribution in [0.25, 0.3) is 0 Å². The predicted octanol–water partition coefficient (Wildman–Crippen LogP) is 3.89. The molecule has 0 amide bonds. The SMILES string of the molecule is CCN(c1cc(Br)ccc1C(=N)N)C1CCCCC1. The molecule has 1 aliphatic carbocycles. The van der Waals surface area contributed by atoms with Gasteiger partial charge in [0.1, 0.15) is 5.84 Å². The maximum absolute atomic E-state index is 7.76. The number of nitrogens with two attached hydrogens (primary N) is 1. The summed E-state index contributed by atoms with van der Waals surface area (Å²) < 4.78 is 1.04. The molecule has 0 bridgehead atoms. The molecule has 1 saturated carbocycles. The smallest absolute Gasteiger partial charge is 0.124 e. The van der Waals surface area contributed by atoms with Gasteiger partial charge in [-0.25, -0.2) is 0 Å². The molecule has 1 aromatic carbocycles. The minimum absolute atomic E-state index is 0.150. The van der Waals surface area contributed by atoms with Crippen LogP contribution in [0.2, 0.25) is 0 Å². The van der Waals surface area contributed by atoms with Crippen LogP contribution in [0.4, 0.5) is 5.69 Å². The molecule has 0 unspecified atom stereocenters. The van der Waals surface area contributed by atoms with Gasteiger partial charge in [0.15, 0.2) is 0 Å².